The average molecular weight is 389 g/mol. The van der Waals surface area contributed by atoms with Crippen LogP contribution >= 0.6 is 11.3 Å². The maximum atomic E-state index is 12.2. The lowest BCUT2D eigenvalue weighted by Gasteiger charge is -2.13. The van der Waals surface area contributed by atoms with Crippen LogP contribution in [-0.2, 0) is 14.3 Å². The molecule has 0 unspecified atom stereocenters. The molecule has 1 aromatic carbocycles. The van der Waals surface area contributed by atoms with Crippen LogP contribution in [0.1, 0.15) is 34.3 Å². The van der Waals surface area contributed by atoms with Crippen molar-refractivity contribution in [3.63, 3.8) is 0 Å². The number of hydrogen-bond donors (Lipinski definition) is 1. The van der Waals surface area contributed by atoms with E-state index in [4.69, 9.17) is 14.2 Å². The Labute approximate surface area is 160 Å². The lowest BCUT2D eigenvalue weighted by molar-refractivity contribution is -0.153. The number of fused-ring (bicyclic) bond motifs is 1. The number of carbonyl (C=O) groups is 3. The summed E-state index contributed by atoms with van der Waals surface area (Å²) in [6, 6.07) is 8.60. The number of ketones is 1. The molecule has 3 rings (SSSR count). The van der Waals surface area contributed by atoms with Gasteiger partial charge >= 0.3 is 5.97 Å². The maximum Gasteiger partial charge on any atom is 0.307 e. The molecule has 0 spiro atoms. The Hall–Kier alpha value is -2.87. The van der Waals surface area contributed by atoms with Crippen LogP contribution in [0.4, 0.5) is 5.69 Å². The molecule has 2 heterocycles. The van der Waals surface area contributed by atoms with Crippen LogP contribution in [0.25, 0.3) is 0 Å². The molecule has 142 valence electrons. The van der Waals surface area contributed by atoms with Crippen molar-refractivity contribution in [2.45, 2.75) is 32.8 Å². The third-order valence-electron chi connectivity index (χ3n) is 3.89. The van der Waals surface area contributed by atoms with E-state index in [-0.39, 0.29) is 25.4 Å². The van der Waals surface area contributed by atoms with E-state index in [0.717, 1.165) is 4.88 Å². The average Bonchev–Trinajstić information content (AvgIpc) is 3.27. The molecule has 1 atom stereocenters. The van der Waals surface area contributed by atoms with Gasteiger partial charge in [0.15, 0.2) is 23.4 Å². The van der Waals surface area contributed by atoms with Crippen molar-refractivity contribution in [3.05, 3.63) is 40.1 Å². The second-order valence-electron chi connectivity index (χ2n) is 6.02. The Bertz CT molecular complexity index is 875. The third kappa shape index (κ3) is 4.85. The van der Waals surface area contributed by atoms with Gasteiger partial charge in [-0.25, -0.2) is 0 Å². The lowest BCUT2D eigenvalue weighted by atomic mass is 10.2. The van der Waals surface area contributed by atoms with Crippen LogP contribution in [0.15, 0.2) is 30.3 Å². The number of rotatable bonds is 7. The predicted octanol–water partition coefficient (Wildman–Crippen LogP) is 3.32. The predicted molar refractivity (Wildman–Crippen MR) is 99.4 cm³/mol. The van der Waals surface area contributed by atoms with Gasteiger partial charge in [-0.2, -0.15) is 0 Å². The van der Waals surface area contributed by atoms with Gasteiger partial charge < -0.3 is 19.5 Å². The normalized spacial score (nSPS) is 13.1. The Kier molecular flexibility index (Phi) is 5.75. The summed E-state index contributed by atoms with van der Waals surface area (Å²) in [6.07, 6.45) is -1.01. The van der Waals surface area contributed by atoms with E-state index in [2.05, 4.69) is 5.32 Å². The summed E-state index contributed by atoms with van der Waals surface area (Å²) >= 11 is 1.39. The number of hydrogen-bond acceptors (Lipinski definition) is 7. The number of anilines is 1. The summed E-state index contributed by atoms with van der Waals surface area (Å²) in [6.45, 7) is 3.53. The van der Waals surface area contributed by atoms with Crippen LogP contribution in [0.2, 0.25) is 0 Å². The highest BCUT2D eigenvalue weighted by Gasteiger charge is 2.20. The summed E-state index contributed by atoms with van der Waals surface area (Å²) in [5.41, 5.74) is 0.510. The molecule has 1 aliphatic heterocycles. The van der Waals surface area contributed by atoms with Gasteiger partial charge in [0.1, 0.15) is 0 Å². The van der Waals surface area contributed by atoms with E-state index in [9.17, 15) is 14.4 Å². The zero-order chi connectivity index (χ0) is 19.4. The van der Waals surface area contributed by atoms with E-state index < -0.39 is 18.0 Å². The first-order valence-electron chi connectivity index (χ1n) is 8.42. The Morgan fingerprint density at radius 3 is 2.67 bits per heavy atom. The van der Waals surface area contributed by atoms with Gasteiger partial charge in [0.2, 0.25) is 6.79 Å². The highest BCUT2D eigenvalue weighted by molar-refractivity contribution is 7.14. The van der Waals surface area contributed by atoms with Gasteiger partial charge in [-0.1, -0.05) is 0 Å². The van der Waals surface area contributed by atoms with Crippen molar-refractivity contribution in [1.29, 1.82) is 0 Å². The molecule has 2 aromatic rings. The van der Waals surface area contributed by atoms with Crippen molar-refractivity contribution in [2.75, 3.05) is 12.1 Å². The molecular formula is C19H19NO6S. The molecule has 8 heteroatoms. The summed E-state index contributed by atoms with van der Waals surface area (Å²) < 4.78 is 15.6. The van der Waals surface area contributed by atoms with Crippen molar-refractivity contribution in [2.24, 2.45) is 0 Å². The molecule has 0 radical (unpaired) electrons. The first-order valence-corrected chi connectivity index (χ1v) is 9.23. The monoisotopic (exact) mass is 389 g/mol. The summed E-state index contributed by atoms with van der Waals surface area (Å²) in [7, 11) is 0. The van der Waals surface area contributed by atoms with E-state index in [1.165, 1.54) is 18.3 Å². The van der Waals surface area contributed by atoms with Crippen molar-refractivity contribution in [1.82, 2.24) is 0 Å². The van der Waals surface area contributed by atoms with Gasteiger partial charge in [0, 0.05) is 23.1 Å². The number of amides is 1. The standard InChI is InChI=1S/C19H19NO6S/c1-11-3-7-17(27-11)14(21)5-8-18(22)26-12(2)19(23)20-13-4-6-15-16(9-13)25-10-24-15/h3-4,6-7,9,12H,5,8,10H2,1-2H3,(H,20,23)/t12-/m0/s1. The van der Waals surface area contributed by atoms with Gasteiger partial charge in [0.05, 0.1) is 11.3 Å². The number of aryl methyl sites for hydroxylation is 1. The van der Waals surface area contributed by atoms with E-state index in [1.54, 1.807) is 24.3 Å². The molecule has 1 N–H and O–H groups in total. The molecule has 0 aliphatic carbocycles. The lowest BCUT2D eigenvalue weighted by Crippen LogP contribution is -2.30. The molecule has 0 fully saturated rings. The molecule has 27 heavy (non-hydrogen) atoms. The second kappa shape index (κ2) is 8.22. The fraction of sp³-hybridized carbons (Fsp3) is 0.316. The number of nitrogens with one attached hydrogen (secondary N) is 1. The Morgan fingerprint density at radius 2 is 1.93 bits per heavy atom. The van der Waals surface area contributed by atoms with Gasteiger partial charge in [-0.05, 0) is 38.1 Å². The minimum atomic E-state index is -0.984. The topological polar surface area (TPSA) is 90.9 Å². The van der Waals surface area contributed by atoms with Crippen LogP contribution in [0.3, 0.4) is 0 Å². The molecule has 0 saturated carbocycles. The minimum absolute atomic E-state index is 0.0509. The highest BCUT2D eigenvalue weighted by Crippen LogP contribution is 2.34. The van der Waals surface area contributed by atoms with Crippen LogP contribution in [-0.4, -0.2) is 30.6 Å². The number of carbonyl (C=O) groups excluding carboxylic acids is 3. The van der Waals surface area contributed by atoms with Crippen LogP contribution in [0, 0.1) is 6.92 Å². The zero-order valence-electron chi connectivity index (χ0n) is 14.9. The number of thiophene rings is 1. The summed E-state index contributed by atoms with van der Waals surface area (Å²) in [5, 5.41) is 2.65. The zero-order valence-corrected chi connectivity index (χ0v) is 15.8. The molecule has 1 aliphatic rings. The van der Waals surface area contributed by atoms with Crippen LogP contribution in [0.5, 0.6) is 11.5 Å². The van der Waals surface area contributed by atoms with Crippen molar-refractivity contribution in [3.8, 4) is 11.5 Å². The smallest absolute Gasteiger partial charge is 0.307 e. The summed E-state index contributed by atoms with van der Waals surface area (Å²) in [5.74, 6) is -0.0206. The van der Waals surface area contributed by atoms with Gasteiger partial charge in [-0.3, -0.25) is 14.4 Å². The Morgan fingerprint density at radius 1 is 1.15 bits per heavy atom. The Balaban J connectivity index is 1.46. The number of esters is 1. The molecule has 0 bridgehead atoms. The van der Waals surface area contributed by atoms with Gasteiger partial charge in [0.25, 0.3) is 5.91 Å². The largest absolute Gasteiger partial charge is 0.454 e. The number of ether oxygens (including phenoxy) is 3. The van der Waals surface area contributed by atoms with Crippen molar-refractivity contribution >= 4 is 34.7 Å². The molecular weight excluding hydrogens is 370 g/mol. The maximum absolute atomic E-state index is 12.2. The fourth-order valence-corrected chi connectivity index (χ4v) is 3.29. The van der Waals surface area contributed by atoms with E-state index in [1.807, 2.05) is 13.0 Å². The molecule has 1 aromatic heterocycles. The number of Topliss-reactive ketones (excluding diaryl/α,β-unsaturated/α-hetero) is 1. The number of benzene rings is 1. The first kappa shape index (κ1) is 18.9. The quantitative estimate of drug-likeness (QED) is 0.577. The van der Waals surface area contributed by atoms with E-state index in [0.29, 0.717) is 22.1 Å². The molecule has 7 nitrogen and oxygen atoms in total. The SMILES string of the molecule is Cc1ccc(C(=O)CCC(=O)O[C@@H](C)C(=O)Nc2ccc3c(c2)OCO3)s1. The van der Waals surface area contributed by atoms with Gasteiger partial charge in [-0.15, -0.1) is 11.3 Å². The molecule has 1 amide bonds. The third-order valence-corrected chi connectivity index (χ3v) is 4.93. The minimum Gasteiger partial charge on any atom is -0.454 e. The first-order chi connectivity index (χ1) is 12.9. The fourth-order valence-electron chi connectivity index (χ4n) is 2.45. The van der Waals surface area contributed by atoms with Crippen LogP contribution < -0.4 is 14.8 Å². The molecule has 0 saturated heterocycles. The second-order valence-corrected chi connectivity index (χ2v) is 7.31. The highest BCUT2D eigenvalue weighted by atomic mass is 32.1. The van der Waals surface area contributed by atoms with Crippen molar-refractivity contribution < 1.29 is 28.6 Å². The van der Waals surface area contributed by atoms with E-state index >= 15 is 0 Å². The summed E-state index contributed by atoms with van der Waals surface area (Å²) in [4.78, 5) is 37.8.